The van der Waals surface area contributed by atoms with Gasteiger partial charge in [-0.2, -0.15) is 0 Å². The molecule has 0 aliphatic rings. The van der Waals surface area contributed by atoms with E-state index in [1.54, 1.807) is 18.2 Å². The van der Waals surface area contributed by atoms with Crippen molar-refractivity contribution in [2.24, 2.45) is 5.92 Å². The van der Waals surface area contributed by atoms with Crippen LogP contribution in [0.4, 0.5) is 11.4 Å². The molecule has 0 aliphatic heterocycles. The maximum Gasteiger partial charge on any atom is 0.228 e. The summed E-state index contributed by atoms with van der Waals surface area (Å²) in [5, 5.41) is 5.74. The molecule has 156 valence electrons. The molecule has 2 aromatic carbocycles. The van der Waals surface area contributed by atoms with E-state index in [0.29, 0.717) is 28.6 Å². The van der Waals surface area contributed by atoms with Gasteiger partial charge in [0.1, 0.15) is 0 Å². The molecular formula is C22H28N2O5. The van der Waals surface area contributed by atoms with E-state index in [2.05, 4.69) is 10.6 Å². The summed E-state index contributed by atoms with van der Waals surface area (Å²) in [6.07, 6.45) is 0.124. The predicted octanol–water partition coefficient (Wildman–Crippen LogP) is 3.80. The van der Waals surface area contributed by atoms with Crippen molar-refractivity contribution in [3.63, 3.8) is 0 Å². The molecule has 0 aliphatic carbocycles. The number of benzene rings is 2. The number of carbonyl (C=O) groups excluding carboxylic acids is 2. The fourth-order valence-corrected chi connectivity index (χ4v) is 2.74. The molecule has 0 spiro atoms. The smallest absolute Gasteiger partial charge is 0.228 e. The van der Waals surface area contributed by atoms with E-state index >= 15 is 0 Å². The molecular weight excluding hydrogens is 372 g/mol. The summed E-state index contributed by atoms with van der Waals surface area (Å²) in [6.45, 7) is 5.54. The number of nitrogens with one attached hydrogen (secondary N) is 2. The summed E-state index contributed by atoms with van der Waals surface area (Å²) in [7, 11) is 4.59. The second-order valence-electron chi connectivity index (χ2n) is 6.93. The zero-order chi connectivity index (χ0) is 21.6. The molecule has 0 radical (unpaired) electrons. The third kappa shape index (κ3) is 5.63. The molecule has 0 bridgehead atoms. The quantitative estimate of drug-likeness (QED) is 0.704. The topological polar surface area (TPSA) is 85.9 Å². The number of rotatable bonds is 8. The van der Waals surface area contributed by atoms with Gasteiger partial charge in [0.15, 0.2) is 11.5 Å². The first-order chi connectivity index (χ1) is 13.8. The van der Waals surface area contributed by atoms with E-state index < -0.39 is 0 Å². The number of anilines is 2. The Morgan fingerprint density at radius 3 is 2.07 bits per heavy atom. The van der Waals surface area contributed by atoms with Crippen molar-refractivity contribution < 1.29 is 23.8 Å². The Morgan fingerprint density at radius 1 is 0.931 bits per heavy atom. The van der Waals surface area contributed by atoms with E-state index in [9.17, 15) is 9.59 Å². The Morgan fingerprint density at radius 2 is 1.55 bits per heavy atom. The number of hydrogen-bond acceptors (Lipinski definition) is 5. The lowest BCUT2D eigenvalue weighted by atomic mass is 10.1. The van der Waals surface area contributed by atoms with Crippen molar-refractivity contribution in [3.05, 3.63) is 41.5 Å². The number of methoxy groups -OCH3 is 3. The van der Waals surface area contributed by atoms with Gasteiger partial charge in [-0.3, -0.25) is 9.59 Å². The number of hydrogen-bond donors (Lipinski definition) is 2. The Balaban J connectivity index is 2.18. The van der Waals surface area contributed by atoms with E-state index in [-0.39, 0.29) is 24.2 Å². The van der Waals surface area contributed by atoms with E-state index in [1.807, 2.05) is 32.9 Å². The van der Waals surface area contributed by atoms with Gasteiger partial charge in [-0.1, -0.05) is 19.9 Å². The van der Waals surface area contributed by atoms with E-state index in [0.717, 1.165) is 11.1 Å². The molecule has 0 heterocycles. The highest BCUT2D eigenvalue weighted by atomic mass is 16.5. The van der Waals surface area contributed by atoms with Crippen LogP contribution in [0.25, 0.3) is 0 Å². The van der Waals surface area contributed by atoms with Gasteiger partial charge in [-0.05, 0) is 42.3 Å². The van der Waals surface area contributed by atoms with Crippen molar-refractivity contribution in [2.75, 3.05) is 32.0 Å². The lowest BCUT2D eigenvalue weighted by Gasteiger charge is -2.15. The minimum Gasteiger partial charge on any atom is -0.493 e. The Kier molecular flexibility index (Phi) is 7.47. The van der Waals surface area contributed by atoms with Crippen LogP contribution in [-0.4, -0.2) is 33.1 Å². The summed E-state index contributed by atoms with van der Waals surface area (Å²) in [6, 6.07) is 8.90. The first kappa shape index (κ1) is 22.1. The van der Waals surface area contributed by atoms with Crippen LogP contribution in [0.3, 0.4) is 0 Å². The molecule has 0 saturated heterocycles. The lowest BCUT2D eigenvalue weighted by molar-refractivity contribution is -0.119. The predicted molar refractivity (Wildman–Crippen MR) is 113 cm³/mol. The average Bonchev–Trinajstić information content (AvgIpc) is 2.69. The van der Waals surface area contributed by atoms with Crippen molar-refractivity contribution in [2.45, 2.75) is 27.2 Å². The zero-order valence-corrected chi connectivity index (χ0v) is 17.7. The molecule has 2 amide bonds. The molecule has 7 nitrogen and oxygen atoms in total. The van der Waals surface area contributed by atoms with Gasteiger partial charge in [0.2, 0.25) is 17.6 Å². The van der Waals surface area contributed by atoms with Gasteiger partial charge in [0.25, 0.3) is 0 Å². The molecule has 0 atom stereocenters. The van der Waals surface area contributed by atoms with E-state index in [1.165, 1.54) is 21.3 Å². The van der Waals surface area contributed by atoms with Crippen molar-refractivity contribution >= 4 is 23.2 Å². The van der Waals surface area contributed by atoms with Gasteiger partial charge >= 0.3 is 0 Å². The number of aryl methyl sites for hydroxylation is 1. The van der Waals surface area contributed by atoms with Gasteiger partial charge < -0.3 is 24.8 Å². The second kappa shape index (κ2) is 9.82. The molecule has 0 aromatic heterocycles. The van der Waals surface area contributed by atoms with Crippen molar-refractivity contribution in [1.29, 1.82) is 0 Å². The number of ether oxygens (including phenoxy) is 3. The SMILES string of the molecule is COc1cc(CC(=O)Nc2cc(NC(=O)C(C)C)ccc2C)cc(OC)c1OC. The van der Waals surface area contributed by atoms with Crippen LogP contribution < -0.4 is 24.8 Å². The fraction of sp³-hybridized carbons (Fsp3) is 0.364. The molecule has 2 rings (SSSR count). The molecule has 29 heavy (non-hydrogen) atoms. The van der Waals surface area contributed by atoms with Crippen LogP contribution in [-0.2, 0) is 16.0 Å². The van der Waals surface area contributed by atoms with Crippen LogP contribution in [0.5, 0.6) is 17.2 Å². The largest absolute Gasteiger partial charge is 0.493 e. The summed E-state index contributed by atoms with van der Waals surface area (Å²) >= 11 is 0. The molecule has 0 saturated carbocycles. The van der Waals surface area contributed by atoms with Crippen molar-refractivity contribution in [3.8, 4) is 17.2 Å². The Labute approximate surface area is 171 Å². The molecule has 2 aromatic rings. The van der Waals surface area contributed by atoms with Crippen LogP contribution in [0.2, 0.25) is 0 Å². The number of amides is 2. The average molecular weight is 400 g/mol. The molecule has 2 N–H and O–H groups in total. The highest BCUT2D eigenvalue weighted by Crippen LogP contribution is 2.38. The van der Waals surface area contributed by atoms with Crippen LogP contribution in [0, 0.1) is 12.8 Å². The third-order valence-corrected chi connectivity index (χ3v) is 4.39. The standard InChI is InChI=1S/C22H28N2O5/c1-13(2)22(26)23-16-8-7-14(3)17(12-16)24-20(25)11-15-9-18(27-4)21(29-6)19(10-15)28-5/h7-10,12-13H,11H2,1-6H3,(H,23,26)(H,24,25). The molecule has 0 fully saturated rings. The first-order valence-corrected chi connectivity index (χ1v) is 9.29. The maximum atomic E-state index is 12.6. The minimum atomic E-state index is -0.199. The van der Waals surface area contributed by atoms with Crippen LogP contribution in [0.1, 0.15) is 25.0 Å². The summed E-state index contributed by atoms with van der Waals surface area (Å²) in [4.78, 5) is 24.5. The molecule has 7 heteroatoms. The maximum absolute atomic E-state index is 12.6. The highest BCUT2D eigenvalue weighted by Gasteiger charge is 2.16. The van der Waals surface area contributed by atoms with Gasteiger partial charge in [-0.25, -0.2) is 0 Å². The van der Waals surface area contributed by atoms with Crippen LogP contribution >= 0.6 is 0 Å². The van der Waals surface area contributed by atoms with Crippen molar-refractivity contribution in [1.82, 2.24) is 0 Å². The van der Waals surface area contributed by atoms with Crippen LogP contribution in [0.15, 0.2) is 30.3 Å². The first-order valence-electron chi connectivity index (χ1n) is 9.29. The lowest BCUT2D eigenvalue weighted by Crippen LogP contribution is -2.19. The van der Waals surface area contributed by atoms with Gasteiger partial charge in [0.05, 0.1) is 27.8 Å². The summed E-state index contributed by atoms with van der Waals surface area (Å²) < 4.78 is 16.0. The number of carbonyl (C=O) groups is 2. The van der Waals surface area contributed by atoms with Gasteiger partial charge in [0, 0.05) is 17.3 Å². The van der Waals surface area contributed by atoms with E-state index in [4.69, 9.17) is 14.2 Å². The van der Waals surface area contributed by atoms with Gasteiger partial charge in [-0.15, -0.1) is 0 Å². The third-order valence-electron chi connectivity index (χ3n) is 4.39. The second-order valence-corrected chi connectivity index (χ2v) is 6.93. The zero-order valence-electron chi connectivity index (χ0n) is 17.7. The monoisotopic (exact) mass is 400 g/mol. The Bertz CT molecular complexity index is 868. The summed E-state index contributed by atoms with van der Waals surface area (Å²) in [5.74, 6) is 1.05. The molecule has 0 unspecified atom stereocenters. The minimum absolute atomic E-state index is 0.0800. The normalized spacial score (nSPS) is 10.4. The fourth-order valence-electron chi connectivity index (χ4n) is 2.74. The highest BCUT2D eigenvalue weighted by molar-refractivity contribution is 5.96. The summed E-state index contributed by atoms with van der Waals surface area (Å²) in [5.41, 5.74) is 2.89. The Hall–Kier alpha value is -3.22.